The second-order valence-electron chi connectivity index (χ2n) is 6.31. The summed E-state index contributed by atoms with van der Waals surface area (Å²) in [5, 5.41) is 8.65. The van der Waals surface area contributed by atoms with Crippen LogP contribution in [-0.4, -0.2) is 19.7 Å². The lowest BCUT2D eigenvalue weighted by Gasteiger charge is -2.11. The number of aryl methyl sites for hydroxylation is 3. The van der Waals surface area contributed by atoms with E-state index in [1.807, 2.05) is 20.8 Å². The van der Waals surface area contributed by atoms with E-state index in [1.54, 1.807) is 18.2 Å². The summed E-state index contributed by atoms with van der Waals surface area (Å²) in [7, 11) is 0. The van der Waals surface area contributed by atoms with Gasteiger partial charge in [-0.05, 0) is 50.1 Å². The van der Waals surface area contributed by atoms with E-state index in [2.05, 4.69) is 38.6 Å². The second-order valence-corrected chi connectivity index (χ2v) is 6.31. The molecule has 0 fully saturated rings. The maximum absolute atomic E-state index is 14.2. The lowest BCUT2D eigenvalue weighted by Crippen LogP contribution is -2.02. The minimum Gasteiger partial charge on any atom is -0.339 e. The summed E-state index contributed by atoms with van der Waals surface area (Å²) < 4.78 is 15.8. The Morgan fingerprint density at radius 2 is 1.81 bits per heavy atom. The molecule has 4 aromatic rings. The van der Waals surface area contributed by atoms with Crippen molar-refractivity contribution in [1.29, 1.82) is 0 Å². The molecule has 0 spiro atoms. The molecule has 4 rings (SSSR count). The highest BCUT2D eigenvalue weighted by atomic mass is 19.1. The number of fused-ring (bicyclic) bond motifs is 1. The van der Waals surface area contributed by atoms with Crippen molar-refractivity contribution in [2.24, 2.45) is 0 Å². The van der Waals surface area contributed by atoms with E-state index in [-0.39, 0.29) is 5.82 Å². The Hall–Kier alpha value is -3.28. The average molecular weight is 347 g/mol. The summed E-state index contributed by atoms with van der Waals surface area (Å²) in [4.78, 5) is 8.74. The monoisotopic (exact) mass is 347 g/mol. The fraction of sp³-hybridized carbons (Fsp3) is 0.150. The number of halogens is 1. The minimum atomic E-state index is -0.348. The number of rotatable bonds is 3. The largest absolute Gasteiger partial charge is 0.339 e. The predicted octanol–water partition coefficient (Wildman–Crippen LogP) is 4.62. The summed E-state index contributed by atoms with van der Waals surface area (Å²) in [5.41, 5.74) is 4.90. The zero-order chi connectivity index (χ0) is 18.3. The predicted molar refractivity (Wildman–Crippen MR) is 101 cm³/mol. The van der Waals surface area contributed by atoms with Crippen LogP contribution >= 0.6 is 0 Å². The van der Waals surface area contributed by atoms with Crippen molar-refractivity contribution >= 4 is 22.5 Å². The molecular weight excluding hydrogens is 329 g/mol. The molecule has 0 bridgehead atoms. The van der Waals surface area contributed by atoms with Crippen molar-refractivity contribution in [2.75, 3.05) is 5.32 Å². The van der Waals surface area contributed by atoms with E-state index < -0.39 is 0 Å². The third-order valence-corrected chi connectivity index (χ3v) is 4.37. The van der Waals surface area contributed by atoms with Crippen LogP contribution in [0.25, 0.3) is 16.7 Å². The van der Waals surface area contributed by atoms with Crippen molar-refractivity contribution in [3.63, 3.8) is 0 Å². The molecule has 0 saturated heterocycles. The van der Waals surface area contributed by atoms with E-state index >= 15 is 0 Å². The molecule has 0 aliphatic rings. The molecule has 0 aliphatic carbocycles. The Morgan fingerprint density at radius 1 is 1.00 bits per heavy atom. The van der Waals surface area contributed by atoms with Gasteiger partial charge < -0.3 is 5.32 Å². The number of benzene rings is 2. The van der Waals surface area contributed by atoms with Gasteiger partial charge in [0, 0.05) is 5.69 Å². The maximum atomic E-state index is 14.2. The van der Waals surface area contributed by atoms with Gasteiger partial charge in [0.2, 0.25) is 0 Å². The number of nitrogens with zero attached hydrogens (tertiary/aromatic N) is 4. The Kier molecular flexibility index (Phi) is 3.88. The van der Waals surface area contributed by atoms with Crippen LogP contribution in [0.5, 0.6) is 0 Å². The molecule has 0 unspecified atom stereocenters. The minimum absolute atomic E-state index is 0.348. The quantitative estimate of drug-likeness (QED) is 0.587. The summed E-state index contributed by atoms with van der Waals surface area (Å²) >= 11 is 0. The number of aromatic nitrogens is 4. The topological polar surface area (TPSA) is 55.6 Å². The van der Waals surface area contributed by atoms with Crippen LogP contribution in [0, 0.1) is 26.6 Å². The molecule has 2 heterocycles. The number of hydrogen-bond donors (Lipinski definition) is 1. The number of hydrogen-bond acceptors (Lipinski definition) is 4. The average Bonchev–Trinajstić information content (AvgIpc) is 2.96. The Balaban J connectivity index is 1.88. The first-order chi connectivity index (χ1) is 12.5. The SMILES string of the molecule is Cc1ccc(C)c(Nc2ncnc3c2c(C)nn3-c2ccccc2F)c1. The Morgan fingerprint density at radius 3 is 2.62 bits per heavy atom. The molecule has 2 aromatic heterocycles. The highest BCUT2D eigenvalue weighted by molar-refractivity contribution is 5.92. The molecule has 26 heavy (non-hydrogen) atoms. The first-order valence-corrected chi connectivity index (χ1v) is 8.34. The van der Waals surface area contributed by atoms with E-state index in [0.717, 1.165) is 27.9 Å². The summed E-state index contributed by atoms with van der Waals surface area (Å²) in [6, 6.07) is 12.7. The molecule has 0 atom stereocenters. The van der Waals surface area contributed by atoms with E-state index in [1.165, 1.54) is 17.1 Å². The molecule has 130 valence electrons. The van der Waals surface area contributed by atoms with Crippen LogP contribution in [0.1, 0.15) is 16.8 Å². The summed E-state index contributed by atoms with van der Waals surface area (Å²) in [6.07, 6.45) is 1.47. The van der Waals surface area contributed by atoms with Crippen LogP contribution in [-0.2, 0) is 0 Å². The Bertz CT molecular complexity index is 1120. The smallest absolute Gasteiger partial charge is 0.168 e. The van der Waals surface area contributed by atoms with Crippen LogP contribution in [0.15, 0.2) is 48.8 Å². The first-order valence-electron chi connectivity index (χ1n) is 8.34. The molecule has 1 N–H and O–H groups in total. The van der Waals surface area contributed by atoms with Gasteiger partial charge in [-0.15, -0.1) is 0 Å². The van der Waals surface area contributed by atoms with Gasteiger partial charge in [0.15, 0.2) is 5.65 Å². The zero-order valence-electron chi connectivity index (χ0n) is 14.8. The first kappa shape index (κ1) is 16.2. The normalized spacial score (nSPS) is 11.1. The van der Waals surface area contributed by atoms with Crippen LogP contribution in [0.3, 0.4) is 0 Å². The van der Waals surface area contributed by atoms with Crippen LogP contribution in [0.4, 0.5) is 15.9 Å². The van der Waals surface area contributed by atoms with Gasteiger partial charge in [-0.3, -0.25) is 0 Å². The van der Waals surface area contributed by atoms with E-state index in [9.17, 15) is 4.39 Å². The van der Waals surface area contributed by atoms with Gasteiger partial charge in [0.1, 0.15) is 23.6 Å². The molecular formula is C20H18FN5. The third-order valence-electron chi connectivity index (χ3n) is 4.37. The highest BCUT2D eigenvalue weighted by Crippen LogP contribution is 2.29. The van der Waals surface area contributed by atoms with E-state index in [0.29, 0.717) is 17.2 Å². The number of anilines is 2. The van der Waals surface area contributed by atoms with Crippen LogP contribution < -0.4 is 5.32 Å². The molecule has 2 aromatic carbocycles. The summed E-state index contributed by atoms with van der Waals surface area (Å²) in [6.45, 7) is 5.95. The number of nitrogens with one attached hydrogen (secondary N) is 1. The summed E-state index contributed by atoms with van der Waals surface area (Å²) in [5.74, 6) is 0.309. The lowest BCUT2D eigenvalue weighted by molar-refractivity contribution is 0.612. The van der Waals surface area contributed by atoms with Gasteiger partial charge in [0.25, 0.3) is 0 Å². The lowest BCUT2D eigenvalue weighted by atomic mass is 10.1. The van der Waals surface area contributed by atoms with E-state index in [4.69, 9.17) is 0 Å². The van der Waals surface area contributed by atoms with Gasteiger partial charge in [-0.1, -0.05) is 24.3 Å². The molecule has 5 nitrogen and oxygen atoms in total. The van der Waals surface area contributed by atoms with Crippen LogP contribution in [0.2, 0.25) is 0 Å². The molecule has 6 heteroatoms. The fourth-order valence-electron chi connectivity index (χ4n) is 3.00. The molecule has 0 amide bonds. The van der Waals surface area contributed by atoms with Crippen molar-refractivity contribution in [3.8, 4) is 5.69 Å². The Labute approximate surface area is 150 Å². The van der Waals surface area contributed by atoms with Crippen molar-refractivity contribution in [1.82, 2.24) is 19.7 Å². The second kappa shape index (κ2) is 6.22. The standard InChI is InChI=1S/C20H18FN5/c1-12-8-9-13(2)16(10-12)24-19-18-14(3)25-26(20(18)23-11-22-19)17-7-5-4-6-15(17)21/h4-11H,1-3H3,(H,22,23,24). The van der Waals surface area contributed by atoms with Gasteiger partial charge in [0.05, 0.1) is 11.1 Å². The maximum Gasteiger partial charge on any atom is 0.168 e. The van der Waals surface area contributed by atoms with Gasteiger partial charge >= 0.3 is 0 Å². The molecule has 0 aliphatic heterocycles. The van der Waals surface area contributed by atoms with Crippen molar-refractivity contribution in [3.05, 3.63) is 71.4 Å². The third kappa shape index (κ3) is 2.69. The van der Waals surface area contributed by atoms with Crippen molar-refractivity contribution in [2.45, 2.75) is 20.8 Å². The van der Waals surface area contributed by atoms with Crippen molar-refractivity contribution < 1.29 is 4.39 Å². The van der Waals surface area contributed by atoms with Gasteiger partial charge in [-0.25, -0.2) is 19.0 Å². The number of para-hydroxylation sites is 1. The highest BCUT2D eigenvalue weighted by Gasteiger charge is 2.17. The zero-order valence-corrected chi connectivity index (χ0v) is 14.8. The molecule has 0 radical (unpaired) electrons. The fourth-order valence-corrected chi connectivity index (χ4v) is 3.00. The molecule has 0 saturated carbocycles. The van der Waals surface area contributed by atoms with Gasteiger partial charge in [-0.2, -0.15) is 5.10 Å².